The molecule has 6 heteroatoms. The summed E-state index contributed by atoms with van der Waals surface area (Å²) in [5.74, 6) is -0.191. The van der Waals surface area contributed by atoms with E-state index in [0.29, 0.717) is 24.4 Å². The molecule has 6 nitrogen and oxygen atoms in total. The average Bonchev–Trinajstić information content (AvgIpc) is 2.97. The molecule has 150 valence electrons. The van der Waals surface area contributed by atoms with E-state index in [-0.39, 0.29) is 29.7 Å². The number of rotatable bonds is 2. The Kier molecular flexibility index (Phi) is 4.78. The summed E-state index contributed by atoms with van der Waals surface area (Å²) >= 11 is 0. The van der Waals surface area contributed by atoms with Crippen molar-refractivity contribution in [3.63, 3.8) is 0 Å². The van der Waals surface area contributed by atoms with Crippen molar-refractivity contribution in [2.45, 2.75) is 70.5 Å². The van der Waals surface area contributed by atoms with Crippen molar-refractivity contribution in [2.75, 3.05) is 13.1 Å². The van der Waals surface area contributed by atoms with Crippen LogP contribution in [-0.2, 0) is 16.1 Å². The van der Waals surface area contributed by atoms with Gasteiger partial charge in [-0.2, -0.15) is 0 Å². The molecule has 2 saturated heterocycles. The van der Waals surface area contributed by atoms with Crippen LogP contribution < -0.4 is 5.32 Å². The fourth-order valence-electron chi connectivity index (χ4n) is 4.73. The van der Waals surface area contributed by atoms with E-state index < -0.39 is 6.04 Å². The summed E-state index contributed by atoms with van der Waals surface area (Å²) in [4.78, 5) is 40.6. The van der Waals surface area contributed by atoms with Crippen molar-refractivity contribution in [1.82, 2.24) is 15.1 Å². The van der Waals surface area contributed by atoms with Gasteiger partial charge in [-0.15, -0.1) is 0 Å². The highest BCUT2D eigenvalue weighted by Gasteiger charge is 2.39. The van der Waals surface area contributed by atoms with E-state index in [1.54, 1.807) is 4.90 Å². The first kappa shape index (κ1) is 19.1. The molecule has 1 aromatic carbocycles. The molecule has 1 atom stereocenters. The topological polar surface area (TPSA) is 69.7 Å². The second kappa shape index (κ2) is 6.99. The highest BCUT2D eigenvalue weighted by molar-refractivity contribution is 6.05. The predicted octanol–water partition coefficient (Wildman–Crippen LogP) is 2.43. The smallest absolute Gasteiger partial charge is 0.255 e. The molecular weight excluding hydrogens is 354 g/mol. The highest BCUT2D eigenvalue weighted by Crippen LogP contribution is 2.34. The molecule has 28 heavy (non-hydrogen) atoms. The standard InChI is InChI=1S/C22H29N3O3/c1-22(2,3)24-10-8-14(9-11-24)15-4-5-17-16(12-15)13-25(21(17)28)18-6-7-19(26)23-20(18)27/h4-5,12,14,18H,6-11,13H2,1-3H3,(H,23,26,27). The van der Waals surface area contributed by atoms with Crippen LogP contribution in [0.25, 0.3) is 0 Å². The van der Waals surface area contributed by atoms with E-state index in [2.05, 4.69) is 43.1 Å². The molecule has 0 saturated carbocycles. The summed E-state index contributed by atoms with van der Waals surface area (Å²) < 4.78 is 0. The van der Waals surface area contributed by atoms with Gasteiger partial charge >= 0.3 is 0 Å². The van der Waals surface area contributed by atoms with E-state index in [4.69, 9.17) is 0 Å². The van der Waals surface area contributed by atoms with Crippen LogP contribution in [0.1, 0.15) is 73.9 Å². The number of benzene rings is 1. The number of hydrogen-bond donors (Lipinski definition) is 1. The van der Waals surface area contributed by atoms with Crippen LogP contribution in [0.4, 0.5) is 0 Å². The molecule has 1 unspecified atom stereocenters. The maximum absolute atomic E-state index is 12.8. The second-order valence-electron chi connectivity index (χ2n) is 9.25. The second-order valence-corrected chi connectivity index (χ2v) is 9.25. The van der Waals surface area contributed by atoms with Gasteiger partial charge in [0, 0.05) is 24.1 Å². The molecule has 0 aliphatic carbocycles. The molecule has 3 aliphatic heterocycles. The summed E-state index contributed by atoms with van der Waals surface area (Å²) in [6, 6.07) is 5.63. The third-order valence-electron chi connectivity index (χ3n) is 6.46. The summed E-state index contributed by atoms with van der Waals surface area (Å²) in [6.45, 7) is 9.42. The van der Waals surface area contributed by atoms with Crippen LogP contribution in [0.15, 0.2) is 18.2 Å². The molecule has 0 spiro atoms. The number of nitrogens with zero attached hydrogens (tertiary/aromatic N) is 2. The van der Waals surface area contributed by atoms with Gasteiger partial charge in [-0.05, 0) is 76.2 Å². The SMILES string of the molecule is CC(C)(C)N1CCC(c2ccc3c(c2)CN(C2CCC(=O)NC2=O)C3=O)CC1. The van der Waals surface area contributed by atoms with Gasteiger partial charge in [-0.3, -0.25) is 24.6 Å². The van der Waals surface area contributed by atoms with Crippen LogP contribution in [0.3, 0.4) is 0 Å². The quantitative estimate of drug-likeness (QED) is 0.797. The monoisotopic (exact) mass is 383 g/mol. The fourth-order valence-corrected chi connectivity index (χ4v) is 4.73. The highest BCUT2D eigenvalue weighted by atomic mass is 16.2. The summed E-state index contributed by atoms with van der Waals surface area (Å²) in [7, 11) is 0. The fraction of sp³-hybridized carbons (Fsp3) is 0.591. The Morgan fingerprint density at radius 3 is 2.39 bits per heavy atom. The predicted molar refractivity (Wildman–Crippen MR) is 106 cm³/mol. The largest absolute Gasteiger partial charge is 0.322 e. The molecule has 2 fully saturated rings. The third-order valence-corrected chi connectivity index (χ3v) is 6.46. The van der Waals surface area contributed by atoms with Crippen LogP contribution in [-0.4, -0.2) is 52.2 Å². The summed E-state index contributed by atoms with van der Waals surface area (Å²) in [5.41, 5.74) is 3.20. The van der Waals surface area contributed by atoms with E-state index in [0.717, 1.165) is 31.5 Å². The zero-order chi connectivity index (χ0) is 20.1. The lowest BCUT2D eigenvalue weighted by atomic mass is 9.86. The van der Waals surface area contributed by atoms with Crippen LogP contribution in [0, 0.1) is 0 Å². The lowest BCUT2D eigenvalue weighted by molar-refractivity contribution is -0.136. The maximum Gasteiger partial charge on any atom is 0.255 e. The summed E-state index contributed by atoms with van der Waals surface area (Å²) in [6.07, 6.45) is 2.94. The van der Waals surface area contributed by atoms with Crippen molar-refractivity contribution < 1.29 is 14.4 Å². The molecule has 4 rings (SSSR count). The number of carbonyl (C=O) groups is 3. The average molecular weight is 383 g/mol. The number of carbonyl (C=O) groups excluding carboxylic acids is 3. The lowest BCUT2D eigenvalue weighted by Gasteiger charge is -2.41. The van der Waals surface area contributed by atoms with Crippen molar-refractivity contribution in [3.8, 4) is 0 Å². The molecule has 3 amide bonds. The molecular formula is C22H29N3O3. The van der Waals surface area contributed by atoms with Gasteiger partial charge in [-0.1, -0.05) is 12.1 Å². The van der Waals surface area contributed by atoms with E-state index in [9.17, 15) is 14.4 Å². The molecule has 0 bridgehead atoms. The number of amides is 3. The Balaban J connectivity index is 1.47. The van der Waals surface area contributed by atoms with Gasteiger partial charge < -0.3 is 4.90 Å². The first-order valence-corrected chi connectivity index (χ1v) is 10.3. The van der Waals surface area contributed by atoms with Gasteiger partial charge in [0.1, 0.15) is 6.04 Å². The van der Waals surface area contributed by atoms with Gasteiger partial charge in [0.25, 0.3) is 5.91 Å². The van der Waals surface area contributed by atoms with Gasteiger partial charge in [0.05, 0.1) is 0 Å². The van der Waals surface area contributed by atoms with Crippen molar-refractivity contribution in [2.24, 2.45) is 0 Å². The first-order chi connectivity index (χ1) is 13.2. The minimum atomic E-state index is -0.545. The molecule has 1 N–H and O–H groups in total. The Morgan fingerprint density at radius 2 is 1.75 bits per heavy atom. The Morgan fingerprint density at radius 1 is 1.04 bits per heavy atom. The van der Waals surface area contributed by atoms with Crippen LogP contribution in [0.5, 0.6) is 0 Å². The van der Waals surface area contributed by atoms with E-state index in [1.807, 2.05) is 6.07 Å². The Bertz CT molecular complexity index is 819. The van der Waals surface area contributed by atoms with Crippen LogP contribution in [0.2, 0.25) is 0 Å². The maximum atomic E-state index is 12.8. The summed E-state index contributed by atoms with van der Waals surface area (Å²) in [5, 5.41) is 2.36. The van der Waals surface area contributed by atoms with Gasteiger partial charge in [0.15, 0.2) is 0 Å². The normalized spacial score (nSPS) is 24.5. The van der Waals surface area contributed by atoms with Crippen molar-refractivity contribution in [3.05, 3.63) is 34.9 Å². The van der Waals surface area contributed by atoms with Gasteiger partial charge in [0.2, 0.25) is 11.8 Å². The molecule has 0 aromatic heterocycles. The molecule has 1 aromatic rings. The van der Waals surface area contributed by atoms with Crippen molar-refractivity contribution >= 4 is 17.7 Å². The Hall–Kier alpha value is -2.21. The number of hydrogen-bond acceptors (Lipinski definition) is 4. The van der Waals surface area contributed by atoms with Crippen LogP contribution >= 0.6 is 0 Å². The van der Waals surface area contributed by atoms with E-state index in [1.165, 1.54) is 5.56 Å². The van der Waals surface area contributed by atoms with Gasteiger partial charge in [-0.25, -0.2) is 0 Å². The molecule has 3 heterocycles. The number of imide groups is 1. The first-order valence-electron chi connectivity index (χ1n) is 10.3. The minimum absolute atomic E-state index is 0.0985. The number of fused-ring (bicyclic) bond motifs is 1. The minimum Gasteiger partial charge on any atom is -0.322 e. The molecule has 0 radical (unpaired) electrons. The number of likely N-dealkylation sites (tertiary alicyclic amines) is 1. The number of nitrogens with one attached hydrogen (secondary N) is 1. The zero-order valence-electron chi connectivity index (χ0n) is 17.0. The molecule has 3 aliphatic rings. The third kappa shape index (κ3) is 3.46. The van der Waals surface area contributed by atoms with Crippen molar-refractivity contribution in [1.29, 1.82) is 0 Å². The number of piperidine rings is 2. The zero-order valence-corrected chi connectivity index (χ0v) is 17.0. The van der Waals surface area contributed by atoms with E-state index >= 15 is 0 Å². The lowest BCUT2D eigenvalue weighted by Crippen LogP contribution is -2.52. The Labute approximate surface area is 166 Å².